The van der Waals surface area contributed by atoms with E-state index in [1.807, 2.05) is 85.6 Å². The lowest BCUT2D eigenvalue weighted by atomic mass is 10.0. The molecule has 0 saturated carbocycles. The summed E-state index contributed by atoms with van der Waals surface area (Å²) in [7, 11) is 0. The third-order valence-corrected chi connectivity index (χ3v) is 6.72. The number of hydrogen-bond acceptors (Lipinski definition) is 4. The number of hydrogen-bond donors (Lipinski definition) is 2. The number of thiocarbonyl (C=S) groups is 1. The summed E-state index contributed by atoms with van der Waals surface area (Å²) < 4.78 is 2.06. The van der Waals surface area contributed by atoms with E-state index in [2.05, 4.69) is 31.2 Å². The van der Waals surface area contributed by atoms with Crippen molar-refractivity contribution in [3.63, 3.8) is 0 Å². The Balaban J connectivity index is 1.59. The van der Waals surface area contributed by atoms with E-state index in [9.17, 15) is 4.79 Å². The normalized spacial score (nSPS) is 17.3. The zero-order valence-corrected chi connectivity index (χ0v) is 21.4. The van der Waals surface area contributed by atoms with Crippen LogP contribution in [-0.2, 0) is 4.79 Å². The molecule has 7 nitrogen and oxygen atoms in total. The van der Waals surface area contributed by atoms with Crippen molar-refractivity contribution in [1.29, 1.82) is 0 Å². The first-order valence-corrected chi connectivity index (χ1v) is 12.4. The maximum atomic E-state index is 12.2. The van der Waals surface area contributed by atoms with Gasteiger partial charge in [0.05, 0.1) is 22.4 Å². The molecule has 36 heavy (non-hydrogen) atoms. The molecule has 0 aliphatic carbocycles. The van der Waals surface area contributed by atoms with Crippen molar-refractivity contribution < 1.29 is 4.79 Å². The lowest BCUT2D eigenvalue weighted by molar-refractivity contribution is -0.118. The molecule has 0 bridgehead atoms. The molecule has 1 aliphatic rings. The minimum atomic E-state index is -0.239. The van der Waals surface area contributed by atoms with Crippen LogP contribution in [0.2, 0.25) is 5.02 Å². The van der Waals surface area contributed by atoms with Gasteiger partial charge in [-0.1, -0.05) is 37.6 Å². The number of aromatic nitrogens is 3. The predicted octanol–water partition coefficient (Wildman–Crippen LogP) is 5.69. The molecule has 0 radical (unpaired) electrons. The molecule has 1 saturated heterocycles. The number of benzene rings is 1. The van der Waals surface area contributed by atoms with E-state index >= 15 is 0 Å². The second-order valence-corrected chi connectivity index (χ2v) is 9.59. The van der Waals surface area contributed by atoms with Gasteiger partial charge in [0.25, 0.3) is 0 Å². The highest BCUT2D eigenvalue weighted by molar-refractivity contribution is 7.80. The molecule has 3 aromatic heterocycles. The van der Waals surface area contributed by atoms with Crippen molar-refractivity contribution in [3.05, 3.63) is 102 Å². The van der Waals surface area contributed by atoms with Gasteiger partial charge in [0, 0.05) is 35.9 Å². The van der Waals surface area contributed by atoms with Gasteiger partial charge in [0.2, 0.25) is 5.91 Å². The van der Waals surface area contributed by atoms with Crippen molar-refractivity contribution in [2.45, 2.75) is 25.9 Å². The van der Waals surface area contributed by atoms with E-state index in [1.54, 1.807) is 12.4 Å². The maximum absolute atomic E-state index is 12.2. The van der Waals surface area contributed by atoms with Crippen LogP contribution in [0.3, 0.4) is 0 Å². The van der Waals surface area contributed by atoms with Gasteiger partial charge in [-0.05, 0) is 66.8 Å². The number of carbonyl (C=O) groups excluding carboxylic acids is 1. The van der Waals surface area contributed by atoms with E-state index in [4.69, 9.17) is 23.8 Å². The summed E-state index contributed by atoms with van der Waals surface area (Å²) in [5.41, 5.74) is 3.22. The fourth-order valence-corrected chi connectivity index (χ4v) is 4.87. The average Bonchev–Trinajstić information content (AvgIpc) is 3.50. The quantitative estimate of drug-likeness (QED) is 0.320. The van der Waals surface area contributed by atoms with Crippen LogP contribution in [0.25, 0.3) is 5.82 Å². The van der Waals surface area contributed by atoms with Crippen molar-refractivity contribution >= 4 is 46.2 Å². The Hall–Kier alpha value is -3.75. The molecular formula is C27H25ClN6OS. The van der Waals surface area contributed by atoms with Crippen LogP contribution in [0.5, 0.6) is 0 Å². The van der Waals surface area contributed by atoms with Crippen LogP contribution >= 0.6 is 23.8 Å². The predicted molar refractivity (Wildman–Crippen MR) is 146 cm³/mol. The number of amides is 1. The molecule has 1 amide bonds. The van der Waals surface area contributed by atoms with E-state index in [1.165, 1.54) is 0 Å². The lowest BCUT2D eigenvalue weighted by Crippen LogP contribution is -2.30. The summed E-state index contributed by atoms with van der Waals surface area (Å²) in [4.78, 5) is 23.4. The van der Waals surface area contributed by atoms with Crippen molar-refractivity contribution in [1.82, 2.24) is 19.9 Å². The van der Waals surface area contributed by atoms with E-state index in [0.717, 1.165) is 22.9 Å². The monoisotopic (exact) mass is 516 g/mol. The largest absolute Gasteiger partial charge is 0.351 e. The average molecular weight is 517 g/mol. The number of carbonyl (C=O) groups is 1. The van der Waals surface area contributed by atoms with Gasteiger partial charge in [-0.3, -0.25) is 9.78 Å². The minimum Gasteiger partial charge on any atom is -0.351 e. The molecule has 2 N–H and O–H groups in total. The Morgan fingerprint density at radius 3 is 2.50 bits per heavy atom. The molecule has 9 heteroatoms. The van der Waals surface area contributed by atoms with Gasteiger partial charge in [-0.2, -0.15) is 0 Å². The Morgan fingerprint density at radius 2 is 1.83 bits per heavy atom. The van der Waals surface area contributed by atoms with Gasteiger partial charge in [-0.25, -0.2) is 4.98 Å². The summed E-state index contributed by atoms with van der Waals surface area (Å²) in [6.07, 6.45) is 5.54. The fraction of sp³-hybridized carbons (Fsp3) is 0.185. The van der Waals surface area contributed by atoms with Crippen molar-refractivity contribution in [2.75, 3.05) is 10.2 Å². The molecular weight excluding hydrogens is 492 g/mol. The van der Waals surface area contributed by atoms with E-state index in [-0.39, 0.29) is 23.9 Å². The van der Waals surface area contributed by atoms with Crippen LogP contribution in [0.4, 0.5) is 11.4 Å². The fourth-order valence-electron chi connectivity index (χ4n) is 4.31. The van der Waals surface area contributed by atoms with Gasteiger partial charge in [0.1, 0.15) is 11.9 Å². The zero-order valence-electron chi connectivity index (χ0n) is 19.8. The number of halogens is 1. The van der Waals surface area contributed by atoms with Gasteiger partial charge < -0.3 is 20.1 Å². The third-order valence-electron chi connectivity index (χ3n) is 6.09. The minimum absolute atomic E-state index is 0.0932. The highest BCUT2D eigenvalue weighted by Crippen LogP contribution is 2.43. The lowest BCUT2D eigenvalue weighted by Gasteiger charge is -2.29. The Labute approximate surface area is 220 Å². The van der Waals surface area contributed by atoms with Gasteiger partial charge in [-0.15, -0.1) is 0 Å². The van der Waals surface area contributed by atoms with E-state index < -0.39 is 0 Å². The van der Waals surface area contributed by atoms with Gasteiger partial charge >= 0.3 is 0 Å². The molecule has 1 fully saturated rings. The summed E-state index contributed by atoms with van der Waals surface area (Å²) in [5.74, 6) is 0.558. The molecule has 2 atom stereocenters. The second kappa shape index (κ2) is 10.1. The highest BCUT2D eigenvalue weighted by atomic mass is 35.5. The first-order chi connectivity index (χ1) is 17.4. The first kappa shape index (κ1) is 24.0. The van der Waals surface area contributed by atoms with Crippen molar-refractivity contribution in [3.8, 4) is 5.82 Å². The highest BCUT2D eigenvalue weighted by Gasteiger charge is 2.42. The van der Waals surface area contributed by atoms with Crippen LogP contribution in [0.1, 0.15) is 37.3 Å². The smallest absolute Gasteiger partial charge is 0.226 e. The Morgan fingerprint density at radius 1 is 1.06 bits per heavy atom. The number of anilines is 2. The molecule has 4 heterocycles. The van der Waals surface area contributed by atoms with Crippen LogP contribution in [-0.4, -0.2) is 25.6 Å². The molecule has 1 aromatic carbocycles. The standard InChI is InChI=1S/C27H25ClN6OS/c1-17(2)26(35)31-20-12-11-18(16-19(20)28)34-25(24(32-27(34)36)21-8-3-5-13-29-21)22-9-7-15-33(22)23-10-4-6-14-30-23/h3-17,24-25H,1-2H3,(H,31,35)(H,32,36). The molecule has 2 unspecified atom stereocenters. The number of nitrogens with one attached hydrogen (secondary N) is 2. The van der Waals surface area contributed by atoms with Gasteiger partial charge in [0.15, 0.2) is 5.11 Å². The molecule has 4 aromatic rings. The Kier molecular flexibility index (Phi) is 6.71. The molecule has 1 aliphatic heterocycles. The molecule has 0 spiro atoms. The number of pyridine rings is 2. The van der Waals surface area contributed by atoms with Crippen molar-refractivity contribution in [2.24, 2.45) is 5.92 Å². The first-order valence-electron chi connectivity index (χ1n) is 11.6. The third kappa shape index (κ3) is 4.57. The molecule has 182 valence electrons. The number of nitrogens with zero attached hydrogens (tertiary/aromatic N) is 4. The zero-order chi connectivity index (χ0) is 25.2. The summed E-state index contributed by atoms with van der Waals surface area (Å²) in [5, 5.41) is 7.34. The summed E-state index contributed by atoms with van der Waals surface area (Å²) in [6.45, 7) is 3.68. The molecule has 5 rings (SSSR count). The SMILES string of the molecule is CC(C)C(=O)Nc1ccc(N2C(=S)NC(c3ccccn3)C2c2cccn2-c2ccccn2)cc1Cl. The topological polar surface area (TPSA) is 75.1 Å². The summed E-state index contributed by atoms with van der Waals surface area (Å²) in [6, 6.07) is 20.8. The van der Waals surface area contributed by atoms with Crippen LogP contribution < -0.4 is 15.5 Å². The van der Waals surface area contributed by atoms with Crippen LogP contribution in [0, 0.1) is 5.92 Å². The number of rotatable bonds is 6. The maximum Gasteiger partial charge on any atom is 0.226 e. The second-order valence-electron chi connectivity index (χ2n) is 8.80. The van der Waals surface area contributed by atoms with E-state index in [0.29, 0.717) is 15.8 Å². The Bertz CT molecular complexity index is 1390. The van der Waals surface area contributed by atoms with Crippen LogP contribution in [0.15, 0.2) is 85.3 Å². The summed E-state index contributed by atoms with van der Waals surface area (Å²) >= 11 is 12.5.